The summed E-state index contributed by atoms with van der Waals surface area (Å²) in [7, 11) is 4.13. The molecule has 0 N–H and O–H groups in total. The molecule has 0 radical (unpaired) electrons. The van der Waals surface area contributed by atoms with Crippen molar-refractivity contribution >= 4 is 17.3 Å². The summed E-state index contributed by atoms with van der Waals surface area (Å²) in [5.74, 6) is 6.47. The highest BCUT2D eigenvalue weighted by Gasteiger charge is 2.37. The first-order chi connectivity index (χ1) is 13.0. The molecule has 5 nitrogen and oxygen atoms in total. The second kappa shape index (κ2) is 7.53. The van der Waals surface area contributed by atoms with Gasteiger partial charge in [-0.3, -0.25) is 4.68 Å². The molecule has 0 aliphatic carbocycles. The number of pyridine rings is 1. The fourth-order valence-electron chi connectivity index (χ4n) is 4.22. The molecule has 6 heteroatoms. The zero-order chi connectivity index (χ0) is 18.9. The van der Waals surface area contributed by atoms with Crippen LogP contribution in [-0.2, 0) is 7.05 Å². The van der Waals surface area contributed by atoms with E-state index < -0.39 is 0 Å². The number of hydrogen-bond acceptors (Lipinski definition) is 4. The third-order valence-corrected chi connectivity index (χ3v) is 6.31. The number of anilines is 1. The van der Waals surface area contributed by atoms with Gasteiger partial charge < -0.3 is 9.80 Å². The summed E-state index contributed by atoms with van der Waals surface area (Å²) in [6.07, 6.45) is 10.6. The summed E-state index contributed by atoms with van der Waals surface area (Å²) < 4.78 is 1.76. The smallest absolute Gasteiger partial charge is 0.131 e. The van der Waals surface area contributed by atoms with Crippen LogP contribution in [0.25, 0.3) is 0 Å². The van der Waals surface area contributed by atoms with Crippen molar-refractivity contribution in [1.82, 2.24) is 19.7 Å². The maximum atomic E-state index is 6.21. The van der Waals surface area contributed by atoms with Crippen molar-refractivity contribution in [3.8, 4) is 11.8 Å². The van der Waals surface area contributed by atoms with Gasteiger partial charge in [0.05, 0.1) is 23.0 Å². The van der Waals surface area contributed by atoms with Crippen molar-refractivity contribution in [1.29, 1.82) is 0 Å². The molecule has 27 heavy (non-hydrogen) atoms. The molecule has 2 saturated heterocycles. The van der Waals surface area contributed by atoms with Gasteiger partial charge in [0, 0.05) is 38.6 Å². The minimum Gasteiger partial charge on any atom is -0.370 e. The van der Waals surface area contributed by atoms with Crippen molar-refractivity contribution in [2.75, 3.05) is 38.1 Å². The molecular formula is C21H26ClN5. The van der Waals surface area contributed by atoms with Gasteiger partial charge in [-0.1, -0.05) is 23.4 Å². The highest BCUT2D eigenvalue weighted by Crippen LogP contribution is 2.42. The van der Waals surface area contributed by atoms with Crippen LogP contribution in [-0.4, -0.2) is 52.9 Å². The number of aryl methyl sites for hydroxylation is 1. The van der Waals surface area contributed by atoms with Crippen LogP contribution in [0.5, 0.6) is 0 Å². The molecule has 2 aliphatic heterocycles. The Morgan fingerprint density at radius 2 is 1.70 bits per heavy atom. The molecule has 0 amide bonds. The van der Waals surface area contributed by atoms with Crippen LogP contribution in [0.4, 0.5) is 5.69 Å². The largest absolute Gasteiger partial charge is 0.370 e. The van der Waals surface area contributed by atoms with E-state index in [1.165, 1.54) is 38.8 Å². The maximum Gasteiger partial charge on any atom is 0.131 e. The lowest BCUT2D eigenvalue weighted by Gasteiger charge is -2.47. The average Bonchev–Trinajstić information content (AvgIpc) is 3.09. The third-order valence-electron chi connectivity index (χ3n) is 6.11. The quantitative estimate of drug-likeness (QED) is 0.560. The summed E-state index contributed by atoms with van der Waals surface area (Å²) in [4.78, 5) is 9.14. The standard InChI is InChI=1S/C21H26ClN5/c1-25-9-5-21(6-10-25)7-11-27(12-8-21)19-13-20(22)23-15-18(19)4-3-17-14-24-26(2)16-17/h13-16H,5-12H2,1-2H3. The van der Waals surface area contributed by atoms with Crippen molar-refractivity contribution in [3.63, 3.8) is 0 Å². The second-order valence-electron chi connectivity index (χ2n) is 7.97. The molecule has 4 rings (SSSR count). The SMILES string of the molecule is CN1CCC2(CC1)CCN(c1cc(Cl)ncc1C#Cc1cnn(C)c1)CC2. The number of rotatable bonds is 1. The van der Waals surface area contributed by atoms with Gasteiger partial charge in [0.15, 0.2) is 0 Å². The molecule has 0 aromatic carbocycles. The second-order valence-corrected chi connectivity index (χ2v) is 8.35. The highest BCUT2D eigenvalue weighted by atomic mass is 35.5. The lowest BCUT2D eigenvalue weighted by Crippen LogP contribution is -2.46. The molecule has 2 aromatic rings. The molecule has 4 heterocycles. The van der Waals surface area contributed by atoms with Crippen molar-refractivity contribution in [3.05, 3.63) is 40.9 Å². The Balaban J connectivity index is 1.52. The van der Waals surface area contributed by atoms with Crippen molar-refractivity contribution < 1.29 is 0 Å². The Labute approximate surface area is 166 Å². The van der Waals surface area contributed by atoms with E-state index >= 15 is 0 Å². The molecular weight excluding hydrogens is 358 g/mol. The van der Waals surface area contributed by atoms with Crippen LogP contribution in [0, 0.1) is 17.3 Å². The summed E-state index contributed by atoms with van der Waals surface area (Å²) >= 11 is 6.21. The van der Waals surface area contributed by atoms with Crippen LogP contribution in [0.3, 0.4) is 0 Å². The molecule has 0 unspecified atom stereocenters. The van der Waals surface area contributed by atoms with Crippen LogP contribution in [0.15, 0.2) is 24.7 Å². The number of hydrogen-bond donors (Lipinski definition) is 0. The zero-order valence-electron chi connectivity index (χ0n) is 16.1. The van der Waals surface area contributed by atoms with Gasteiger partial charge in [0.2, 0.25) is 0 Å². The first kappa shape index (κ1) is 18.3. The first-order valence-corrected chi connectivity index (χ1v) is 10.0. The van der Waals surface area contributed by atoms with E-state index in [4.69, 9.17) is 11.6 Å². The molecule has 2 fully saturated rings. The summed E-state index contributed by atoms with van der Waals surface area (Å²) in [5, 5.41) is 4.70. The molecule has 2 aromatic heterocycles. The molecule has 142 valence electrons. The maximum absolute atomic E-state index is 6.21. The predicted molar refractivity (Wildman–Crippen MR) is 109 cm³/mol. The Morgan fingerprint density at radius 1 is 1.00 bits per heavy atom. The first-order valence-electron chi connectivity index (χ1n) is 9.63. The lowest BCUT2D eigenvalue weighted by molar-refractivity contribution is 0.0945. The lowest BCUT2D eigenvalue weighted by atomic mass is 9.71. The van der Waals surface area contributed by atoms with E-state index in [9.17, 15) is 0 Å². The van der Waals surface area contributed by atoms with E-state index in [-0.39, 0.29) is 0 Å². The van der Waals surface area contributed by atoms with Gasteiger partial charge in [-0.2, -0.15) is 5.10 Å². The van der Waals surface area contributed by atoms with Crippen LogP contribution >= 0.6 is 11.6 Å². The molecule has 0 bridgehead atoms. The van der Waals surface area contributed by atoms with E-state index in [0.717, 1.165) is 29.9 Å². The molecule has 1 spiro atoms. The minimum absolute atomic E-state index is 0.525. The Bertz CT molecular complexity index is 860. The van der Waals surface area contributed by atoms with E-state index in [2.05, 4.69) is 38.8 Å². The zero-order valence-corrected chi connectivity index (χ0v) is 16.8. The van der Waals surface area contributed by atoms with Gasteiger partial charge in [-0.15, -0.1) is 0 Å². The predicted octanol–water partition coefficient (Wildman–Crippen LogP) is 3.18. The van der Waals surface area contributed by atoms with Gasteiger partial charge >= 0.3 is 0 Å². The van der Waals surface area contributed by atoms with E-state index in [1.807, 2.05) is 19.3 Å². The number of aromatic nitrogens is 3. The minimum atomic E-state index is 0.525. The Morgan fingerprint density at radius 3 is 2.37 bits per heavy atom. The summed E-state index contributed by atoms with van der Waals surface area (Å²) in [6.45, 7) is 4.57. The number of nitrogens with zero attached hydrogens (tertiary/aromatic N) is 5. The van der Waals surface area contributed by atoms with Gasteiger partial charge in [-0.25, -0.2) is 4.98 Å². The Hall–Kier alpha value is -2.03. The van der Waals surface area contributed by atoms with Gasteiger partial charge in [-0.05, 0) is 51.2 Å². The fraction of sp³-hybridized carbons (Fsp3) is 0.524. The monoisotopic (exact) mass is 383 g/mol. The van der Waals surface area contributed by atoms with E-state index in [0.29, 0.717) is 10.6 Å². The topological polar surface area (TPSA) is 37.2 Å². The highest BCUT2D eigenvalue weighted by molar-refractivity contribution is 6.29. The molecule has 0 atom stereocenters. The van der Waals surface area contributed by atoms with E-state index in [1.54, 1.807) is 17.1 Å². The van der Waals surface area contributed by atoms with Crippen LogP contribution < -0.4 is 4.90 Å². The summed E-state index contributed by atoms with van der Waals surface area (Å²) in [5.41, 5.74) is 3.47. The third kappa shape index (κ3) is 4.12. The number of halogens is 1. The van der Waals surface area contributed by atoms with Gasteiger partial charge in [0.1, 0.15) is 5.15 Å². The van der Waals surface area contributed by atoms with Crippen LogP contribution in [0.1, 0.15) is 36.8 Å². The average molecular weight is 384 g/mol. The fourth-order valence-corrected chi connectivity index (χ4v) is 4.37. The molecule has 0 saturated carbocycles. The number of likely N-dealkylation sites (tertiary alicyclic amines) is 1. The Kier molecular flexibility index (Phi) is 5.12. The normalized spacial score (nSPS) is 19.7. The molecule has 2 aliphatic rings. The summed E-state index contributed by atoms with van der Waals surface area (Å²) in [6, 6.07) is 1.96. The van der Waals surface area contributed by atoms with Gasteiger partial charge in [0.25, 0.3) is 0 Å². The van der Waals surface area contributed by atoms with Crippen molar-refractivity contribution in [2.45, 2.75) is 25.7 Å². The number of piperidine rings is 2. The van der Waals surface area contributed by atoms with Crippen molar-refractivity contribution in [2.24, 2.45) is 12.5 Å². The van der Waals surface area contributed by atoms with Crippen LogP contribution in [0.2, 0.25) is 5.15 Å².